The van der Waals surface area contributed by atoms with E-state index in [0.29, 0.717) is 17.9 Å². The van der Waals surface area contributed by atoms with Crippen LogP contribution in [0.1, 0.15) is 5.56 Å². The number of benzene rings is 1. The van der Waals surface area contributed by atoms with Gasteiger partial charge in [0.2, 0.25) is 5.91 Å². The first-order chi connectivity index (χ1) is 8.83. The molecule has 0 spiro atoms. The van der Waals surface area contributed by atoms with Crippen molar-refractivity contribution in [1.29, 1.82) is 0 Å². The number of hydrogen-bond acceptors (Lipinski definition) is 4. The molecule has 0 saturated carbocycles. The monoisotopic (exact) mass is 240 g/mol. The number of nitrogens with one attached hydrogen (secondary N) is 2. The van der Waals surface area contributed by atoms with Crippen LogP contribution >= 0.6 is 0 Å². The van der Waals surface area contributed by atoms with Crippen LogP contribution in [0.5, 0.6) is 0 Å². The second-order valence-electron chi connectivity index (χ2n) is 4.17. The van der Waals surface area contributed by atoms with Gasteiger partial charge < -0.3 is 10.6 Å². The third-order valence-electron chi connectivity index (χ3n) is 2.89. The van der Waals surface area contributed by atoms with E-state index in [0.717, 1.165) is 5.56 Å². The maximum Gasteiger partial charge on any atom is 0.247 e. The van der Waals surface area contributed by atoms with Gasteiger partial charge in [-0.2, -0.15) is 5.10 Å². The van der Waals surface area contributed by atoms with E-state index in [-0.39, 0.29) is 11.9 Å². The number of carbonyl (C=O) groups is 1. The molecular weight excluding hydrogens is 228 g/mol. The number of amides is 1. The third-order valence-corrected chi connectivity index (χ3v) is 2.89. The first-order valence-corrected chi connectivity index (χ1v) is 5.76. The van der Waals surface area contributed by atoms with E-state index in [9.17, 15) is 4.79 Å². The molecule has 2 N–H and O–H groups in total. The number of aromatic nitrogens is 2. The van der Waals surface area contributed by atoms with E-state index in [4.69, 9.17) is 0 Å². The summed E-state index contributed by atoms with van der Waals surface area (Å²) in [5.74, 6) is 0.581. The highest BCUT2D eigenvalue weighted by Crippen LogP contribution is 2.23. The van der Waals surface area contributed by atoms with E-state index < -0.39 is 0 Å². The summed E-state index contributed by atoms with van der Waals surface area (Å²) in [6, 6.07) is 11.3. The van der Waals surface area contributed by atoms with Gasteiger partial charge in [0.05, 0.1) is 11.9 Å². The Kier molecular flexibility index (Phi) is 2.64. The number of fused-ring (bicyclic) bond motifs is 1. The van der Waals surface area contributed by atoms with Crippen molar-refractivity contribution in [3.05, 3.63) is 48.2 Å². The second kappa shape index (κ2) is 4.44. The van der Waals surface area contributed by atoms with Crippen LogP contribution in [0.15, 0.2) is 42.6 Å². The van der Waals surface area contributed by atoms with Crippen LogP contribution in [-0.2, 0) is 11.2 Å². The van der Waals surface area contributed by atoms with Crippen LogP contribution in [-0.4, -0.2) is 22.1 Å². The topological polar surface area (TPSA) is 66.9 Å². The van der Waals surface area contributed by atoms with Crippen molar-refractivity contribution >= 4 is 17.4 Å². The third kappa shape index (κ3) is 2.02. The Hall–Kier alpha value is -2.43. The van der Waals surface area contributed by atoms with Crippen molar-refractivity contribution in [2.75, 3.05) is 10.6 Å². The van der Waals surface area contributed by atoms with Gasteiger partial charge in [0.15, 0.2) is 5.82 Å². The zero-order chi connectivity index (χ0) is 12.4. The molecule has 0 unspecified atom stereocenters. The fourth-order valence-electron chi connectivity index (χ4n) is 1.98. The number of nitrogens with zero attached hydrogens (tertiary/aromatic N) is 2. The maximum atomic E-state index is 11.9. The molecular formula is C13H12N4O. The van der Waals surface area contributed by atoms with Gasteiger partial charge in [-0.15, -0.1) is 5.10 Å². The average molecular weight is 240 g/mol. The van der Waals surface area contributed by atoms with Gasteiger partial charge in [0, 0.05) is 6.42 Å². The Balaban J connectivity index is 1.81. The van der Waals surface area contributed by atoms with Crippen LogP contribution in [0.4, 0.5) is 11.5 Å². The minimum Gasteiger partial charge on any atom is -0.355 e. The molecule has 2 heterocycles. The smallest absolute Gasteiger partial charge is 0.247 e. The van der Waals surface area contributed by atoms with Crippen LogP contribution in [0.3, 0.4) is 0 Å². The molecule has 0 fully saturated rings. The summed E-state index contributed by atoms with van der Waals surface area (Å²) in [5, 5.41) is 13.7. The highest BCUT2D eigenvalue weighted by molar-refractivity contribution is 6.02. The molecule has 1 amide bonds. The first-order valence-electron chi connectivity index (χ1n) is 5.76. The normalized spacial score (nSPS) is 17.6. The van der Waals surface area contributed by atoms with Crippen LogP contribution < -0.4 is 10.6 Å². The summed E-state index contributed by atoms with van der Waals surface area (Å²) in [7, 11) is 0. The van der Waals surface area contributed by atoms with Crippen molar-refractivity contribution in [2.24, 2.45) is 0 Å². The average Bonchev–Trinajstić information content (AvgIpc) is 2.41. The minimum absolute atomic E-state index is 0.0423. The number of anilines is 2. The molecule has 1 aliphatic heterocycles. The highest BCUT2D eigenvalue weighted by atomic mass is 16.2. The molecule has 1 aliphatic rings. The van der Waals surface area contributed by atoms with Crippen LogP contribution in [0, 0.1) is 0 Å². The van der Waals surface area contributed by atoms with Gasteiger partial charge in [-0.25, -0.2) is 0 Å². The summed E-state index contributed by atoms with van der Waals surface area (Å²) < 4.78 is 0. The lowest BCUT2D eigenvalue weighted by molar-refractivity contribution is -0.117. The Morgan fingerprint density at radius 2 is 2.00 bits per heavy atom. The molecule has 5 heteroatoms. The second-order valence-corrected chi connectivity index (χ2v) is 4.17. The van der Waals surface area contributed by atoms with Gasteiger partial charge in [0.1, 0.15) is 6.04 Å². The molecule has 2 aromatic rings. The van der Waals surface area contributed by atoms with Gasteiger partial charge in [-0.3, -0.25) is 4.79 Å². The molecule has 3 rings (SSSR count). The molecule has 90 valence electrons. The Bertz CT molecular complexity index is 570. The summed E-state index contributed by atoms with van der Waals surface area (Å²) in [6.45, 7) is 0. The van der Waals surface area contributed by atoms with E-state index in [1.165, 1.54) is 0 Å². The minimum atomic E-state index is -0.309. The Morgan fingerprint density at radius 1 is 1.17 bits per heavy atom. The van der Waals surface area contributed by atoms with Gasteiger partial charge in [0.25, 0.3) is 0 Å². The number of carbonyl (C=O) groups excluding carboxylic acids is 1. The molecule has 0 radical (unpaired) electrons. The molecule has 0 saturated heterocycles. The summed E-state index contributed by atoms with van der Waals surface area (Å²) in [4.78, 5) is 11.9. The number of rotatable bonds is 2. The Labute approximate surface area is 104 Å². The predicted molar refractivity (Wildman–Crippen MR) is 68.2 cm³/mol. The van der Waals surface area contributed by atoms with E-state index >= 15 is 0 Å². The van der Waals surface area contributed by atoms with Crippen molar-refractivity contribution < 1.29 is 4.79 Å². The molecule has 1 atom stereocenters. The lowest BCUT2D eigenvalue weighted by Crippen LogP contribution is -2.40. The summed E-state index contributed by atoms with van der Waals surface area (Å²) >= 11 is 0. The van der Waals surface area contributed by atoms with E-state index in [1.807, 2.05) is 30.3 Å². The zero-order valence-corrected chi connectivity index (χ0v) is 9.63. The molecule has 1 aromatic heterocycles. The van der Waals surface area contributed by atoms with Crippen molar-refractivity contribution in [2.45, 2.75) is 12.5 Å². The highest BCUT2D eigenvalue weighted by Gasteiger charge is 2.26. The largest absolute Gasteiger partial charge is 0.355 e. The van der Waals surface area contributed by atoms with Crippen LogP contribution in [0.25, 0.3) is 0 Å². The van der Waals surface area contributed by atoms with Gasteiger partial charge in [-0.1, -0.05) is 30.3 Å². The first kappa shape index (κ1) is 10.7. The quantitative estimate of drug-likeness (QED) is 0.833. The SMILES string of the molecule is O=C1Nc2ccnnc2N[C@H]1Cc1ccccc1. The molecule has 0 aliphatic carbocycles. The zero-order valence-electron chi connectivity index (χ0n) is 9.63. The predicted octanol–water partition coefficient (Wildman–Crippen LogP) is 1.45. The summed E-state index contributed by atoms with van der Waals surface area (Å²) in [5.41, 5.74) is 1.79. The number of hydrogen-bond donors (Lipinski definition) is 2. The molecule has 5 nitrogen and oxygen atoms in total. The maximum absolute atomic E-state index is 11.9. The van der Waals surface area contributed by atoms with Crippen LogP contribution in [0.2, 0.25) is 0 Å². The summed E-state index contributed by atoms with van der Waals surface area (Å²) in [6.07, 6.45) is 2.18. The Morgan fingerprint density at radius 3 is 2.83 bits per heavy atom. The van der Waals surface area contributed by atoms with Crippen molar-refractivity contribution in [1.82, 2.24) is 10.2 Å². The fraction of sp³-hybridized carbons (Fsp3) is 0.154. The van der Waals surface area contributed by atoms with Gasteiger partial charge >= 0.3 is 0 Å². The molecule has 0 bridgehead atoms. The van der Waals surface area contributed by atoms with E-state index in [2.05, 4.69) is 20.8 Å². The van der Waals surface area contributed by atoms with Crippen molar-refractivity contribution in [3.63, 3.8) is 0 Å². The van der Waals surface area contributed by atoms with Crippen molar-refractivity contribution in [3.8, 4) is 0 Å². The molecule has 1 aromatic carbocycles. The van der Waals surface area contributed by atoms with Gasteiger partial charge in [-0.05, 0) is 11.6 Å². The fourth-order valence-corrected chi connectivity index (χ4v) is 1.98. The molecule has 18 heavy (non-hydrogen) atoms. The van der Waals surface area contributed by atoms with E-state index in [1.54, 1.807) is 12.3 Å². The lowest BCUT2D eigenvalue weighted by Gasteiger charge is -2.25. The lowest BCUT2D eigenvalue weighted by atomic mass is 10.0. The standard InChI is InChI=1S/C13H12N4O/c18-13-11(8-9-4-2-1-3-5-9)15-12-10(16-13)6-7-14-17-12/h1-7,11H,8H2,(H,15,17)(H,16,18)/t11-/m0/s1.